The molecule has 0 aliphatic rings. The predicted octanol–water partition coefficient (Wildman–Crippen LogP) is 2.98. The summed E-state index contributed by atoms with van der Waals surface area (Å²) < 4.78 is 71.0. The van der Waals surface area contributed by atoms with Gasteiger partial charge < -0.3 is 15.5 Å². The first-order valence-electron chi connectivity index (χ1n) is 10.8. The second-order valence-corrected chi connectivity index (χ2v) is 10.2. The Hall–Kier alpha value is -4.04. The zero-order chi connectivity index (χ0) is 27.0. The first-order chi connectivity index (χ1) is 17.3. The number of benzene rings is 2. The molecular formula is C23H21F3N6O4S. The van der Waals surface area contributed by atoms with Crippen LogP contribution in [0.1, 0.15) is 18.2 Å². The molecule has 4 rings (SSSR count). The van der Waals surface area contributed by atoms with E-state index in [2.05, 4.69) is 20.6 Å². The largest absolute Gasteiger partial charge is 0.435 e. The summed E-state index contributed by atoms with van der Waals surface area (Å²) in [4.78, 5) is 11.8. The standard InChI is InChI=1S/C23H21F3N6O4S/c1-13(27)20(33)28-12-14-5-3-7-16(9-14)32-18(11-19(31-32)23(24,25)26)22-30-29-21(36-22)15-6-4-8-17(10-15)37(2,34)35/h3-11,13H,12,27H2,1-2H3,(H,28,33)/t13-/m0/s1. The van der Waals surface area contributed by atoms with E-state index in [1.165, 1.54) is 37.3 Å². The van der Waals surface area contributed by atoms with E-state index in [0.717, 1.165) is 17.0 Å². The van der Waals surface area contributed by atoms with Gasteiger partial charge in [-0.05, 0) is 42.8 Å². The van der Waals surface area contributed by atoms with Crippen LogP contribution < -0.4 is 11.1 Å². The molecule has 0 radical (unpaired) electrons. The van der Waals surface area contributed by atoms with Gasteiger partial charge in [-0.3, -0.25) is 4.79 Å². The molecule has 2 heterocycles. The Bertz CT molecular complexity index is 1560. The summed E-state index contributed by atoms with van der Waals surface area (Å²) in [5.41, 5.74) is 5.33. The summed E-state index contributed by atoms with van der Waals surface area (Å²) in [5, 5.41) is 14.1. The van der Waals surface area contributed by atoms with Crippen molar-refractivity contribution >= 4 is 15.7 Å². The van der Waals surface area contributed by atoms with E-state index in [0.29, 0.717) is 5.56 Å². The molecule has 0 saturated carbocycles. The number of sulfone groups is 1. The smallest absolute Gasteiger partial charge is 0.415 e. The second kappa shape index (κ2) is 9.78. The first kappa shape index (κ1) is 26.0. The molecule has 2 aromatic carbocycles. The molecule has 0 unspecified atom stereocenters. The van der Waals surface area contributed by atoms with Gasteiger partial charge in [0.2, 0.25) is 11.8 Å². The number of rotatable bonds is 7. The molecule has 194 valence electrons. The lowest BCUT2D eigenvalue weighted by Gasteiger charge is -2.10. The van der Waals surface area contributed by atoms with Crippen LogP contribution in [-0.2, 0) is 27.4 Å². The van der Waals surface area contributed by atoms with Crippen molar-refractivity contribution in [3.63, 3.8) is 0 Å². The Labute approximate surface area is 209 Å². The number of carbonyl (C=O) groups is 1. The quantitative estimate of drug-likeness (QED) is 0.368. The Kier molecular flexibility index (Phi) is 6.88. The van der Waals surface area contributed by atoms with Crippen LogP contribution >= 0.6 is 0 Å². The summed E-state index contributed by atoms with van der Waals surface area (Å²) in [6, 6.07) is 12.1. The van der Waals surface area contributed by atoms with Crippen LogP contribution in [0.2, 0.25) is 0 Å². The number of carbonyl (C=O) groups excluding carboxylic acids is 1. The van der Waals surface area contributed by atoms with Crippen LogP contribution in [0.5, 0.6) is 0 Å². The van der Waals surface area contributed by atoms with Crippen molar-refractivity contribution in [2.45, 2.75) is 30.6 Å². The van der Waals surface area contributed by atoms with Gasteiger partial charge in [0.1, 0.15) is 5.69 Å². The molecule has 2 aromatic heterocycles. The van der Waals surface area contributed by atoms with Gasteiger partial charge in [0.25, 0.3) is 5.89 Å². The van der Waals surface area contributed by atoms with Gasteiger partial charge in [-0.2, -0.15) is 18.3 Å². The third-order valence-electron chi connectivity index (χ3n) is 5.19. The van der Waals surface area contributed by atoms with Crippen LogP contribution in [0.3, 0.4) is 0 Å². The zero-order valence-electron chi connectivity index (χ0n) is 19.5. The summed E-state index contributed by atoms with van der Waals surface area (Å²) in [5.74, 6) is -0.740. The van der Waals surface area contributed by atoms with E-state index >= 15 is 0 Å². The monoisotopic (exact) mass is 534 g/mol. The fourth-order valence-corrected chi connectivity index (χ4v) is 3.99. The molecule has 0 fully saturated rings. The van der Waals surface area contributed by atoms with Gasteiger partial charge in [-0.15, -0.1) is 10.2 Å². The number of alkyl halides is 3. The highest BCUT2D eigenvalue weighted by atomic mass is 32.2. The zero-order valence-corrected chi connectivity index (χ0v) is 20.3. The minimum Gasteiger partial charge on any atom is -0.415 e. The fourth-order valence-electron chi connectivity index (χ4n) is 3.32. The highest BCUT2D eigenvalue weighted by molar-refractivity contribution is 7.90. The van der Waals surface area contributed by atoms with Gasteiger partial charge in [-0.25, -0.2) is 13.1 Å². The average molecular weight is 535 g/mol. The molecule has 10 nitrogen and oxygen atoms in total. The maximum Gasteiger partial charge on any atom is 0.435 e. The number of hydrogen-bond acceptors (Lipinski definition) is 8. The maximum absolute atomic E-state index is 13.5. The lowest BCUT2D eigenvalue weighted by molar-refractivity contribution is -0.141. The normalized spacial score (nSPS) is 12.9. The number of nitrogens with one attached hydrogen (secondary N) is 1. The third kappa shape index (κ3) is 5.86. The highest BCUT2D eigenvalue weighted by Crippen LogP contribution is 2.34. The Morgan fingerprint density at radius 3 is 2.49 bits per heavy atom. The Morgan fingerprint density at radius 1 is 1.11 bits per heavy atom. The van der Waals surface area contributed by atoms with Crippen molar-refractivity contribution in [3.05, 3.63) is 65.9 Å². The number of nitrogens with zero attached hydrogens (tertiary/aromatic N) is 4. The lowest BCUT2D eigenvalue weighted by Crippen LogP contribution is -2.37. The maximum atomic E-state index is 13.5. The molecule has 0 bridgehead atoms. The summed E-state index contributed by atoms with van der Waals surface area (Å²) >= 11 is 0. The number of aromatic nitrogens is 4. The molecule has 4 aromatic rings. The van der Waals surface area contributed by atoms with Crippen LogP contribution in [0.25, 0.3) is 28.7 Å². The van der Waals surface area contributed by atoms with E-state index in [1.807, 2.05) is 0 Å². The topological polar surface area (TPSA) is 146 Å². The number of amides is 1. The molecule has 1 atom stereocenters. The van der Waals surface area contributed by atoms with E-state index in [4.69, 9.17) is 10.2 Å². The third-order valence-corrected chi connectivity index (χ3v) is 6.30. The van der Waals surface area contributed by atoms with E-state index in [9.17, 15) is 26.4 Å². The molecule has 0 spiro atoms. The van der Waals surface area contributed by atoms with Crippen molar-refractivity contribution in [3.8, 4) is 28.7 Å². The molecule has 0 saturated heterocycles. The van der Waals surface area contributed by atoms with E-state index in [-0.39, 0.29) is 46.1 Å². The Balaban J connectivity index is 1.74. The summed E-state index contributed by atoms with van der Waals surface area (Å²) in [6.07, 6.45) is -3.71. The molecular weight excluding hydrogens is 513 g/mol. The van der Waals surface area contributed by atoms with E-state index < -0.39 is 27.7 Å². The first-order valence-corrected chi connectivity index (χ1v) is 12.7. The lowest BCUT2D eigenvalue weighted by atomic mass is 10.2. The van der Waals surface area contributed by atoms with Gasteiger partial charge >= 0.3 is 6.18 Å². The molecule has 0 aliphatic heterocycles. The number of hydrogen-bond donors (Lipinski definition) is 2. The van der Waals surface area contributed by atoms with E-state index in [1.54, 1.807) is 18.2 Å². The van der Waals surface area contributed by atoms with Gasteiger partial charge in [-0.1, -0.05) is 18.2 Å². The van der Waals surface area contributed by atoms with Crippen molar-refractivity contribution in [1.82, 2.24) is 25.3 Å². The van der Waals surface area contributed by atoms with Crippen molar-refractivity contribution in [2.24, 2.45) is 5.73 Å². The molecule has 14 heteroatoms. The van der Waals surface area contributed by atoms with Crippen LogP contribution in [0.15, 0.2) is 63.9 Å². The van der Waals surface area contributed by atoms with Crippen molar-refractivity contribution in [2.75, 3.05) is 6.26 Å². The predicted molar refractivity (Wildman–Crippen MR) is 126 cm³/mol. The van der Waals surface area contributed by atoms with Crippen molar-refractivity contribution < 1.29 is 30.8 Å². The second-order valence-electron chi connectivity index (χ2n) is 8.21. The number of nitrogens with two attached hydrogens (primary N) is 1. The molecule has 37 heavy (non-hydrogen) atoms. The van der Waals surface area contributed by atoms with Crippen LogP contribution in [0, 0.1) is 0 Å². The Morgan fingerprint density at radius 2 is 1.81 bits per heavy atom. The van der Waals surface area contributed by atoms with Crippen LogP contribution in [-0.4, -0.2) is 46.6 Å². The minimum atomic E-state index is -4.75. The van der Waals surface area contributed by atoms with Gasteiger partial charge in [0, 0.05) is 24.4 Å². The number of halogens is 3. The molecule has 3 N–H and O–H groups in total. The summed E-state index contributed by atoms with van der Waals surface area (Å²) in [7, 11) is -3.52. The van der Waals surface area contributed by atoms with Gasteiger partial charge in [0.15, 0.2) is 15.5 Å². The summed E-state index contributed by atoms with van der Waals surface area (Å²) in [6.45, 7) is 1.62. The minimum absolute atomic E-state index is 0.0158. The van der Waals surface area contributed by atoms with Crippen LogP contribution in [0.4, 0.5) is 13.2 Å². The average Bonchev–Trinajstić information content (AvgIpc) is 3.50. The highest BCUT2D eigenvalue weighted by Gasteiger charge is 2.36. The SMILES string of the molecule is C[C@H](N)C(=O)NCc1cccc(-n2nc(C(F)(F)F)cc2-c2nnc(-c3cccc(S(C)(=O)=O)c3)o2)c1. The molecule has 1 amide bonds. The fraction of sp³-hybridized carbons (Fsp3) is 0.217. The molecule has 0 aliphatic carbocycles. The van der Waals surface area contributed by atoms with Crippen molar-refractivity contribution in [1.29, 1.82) is 0 Å². The van der Waals surface area contributed by atoms with Gasteiger partial charge in [0.05, 0.1) is 16.6 Å².